The number of allylic oxidation sites excluding steroid dienone is 1. The molecule has 1 aromatic carbocycles. The first-order valence-electron chi connectivity index (χ1n) is 7.55. The molecule has 3 heteroatoms. The Hall–Kier alpha value is -2.34. The van der Waals surface area contributed by atoms with Crippen LogP contribution in [0.15, 0.2) is 42.0 Å². The molecule has 1 aliphatic heterocycles. The molecule has 1 aliphatic rings. The van der Waals surface area contributed by atoms with E-state index in [4.69, 9.17) is 10.00 Å². The van der Waals surface area contributed by atoms with Gasteiger partial charge >= 0.3 is 5.97 Å². The second-order valence-corrected chi connectivity index (χ2v) is 5.71. The second kappa shape index (κ2) is 7.09. The highest BCUT2D eigenvalue weighted by atomic mass is 16.5. The third kappa shape index (κ3) is 3.46. The Morgan fingerprint density at radius 3 is 2.82 bits per heavy atom. The van der Waals surface area contributed by atoms with Gasteiger partial charge in [-0.2, -0.15) is 5.26 Å². The van der Waals surface area contributed by atoms with Gasteiger partial charge in [-0.25, -0.2) is 4.79 Å². The zero-order valence-corrected chi connectivity index (χ0v) is 13.2. The molecule has 22 heavy (non-hydrogen) atoms. The molecule has 0 aliphatic carbocycles. The van der Waals surface area contributed by atoms with Gasteiger partial charge in [-0.05, 0) is 43.9 Å². The molecular formula is C19H21NO2. The van der Waals surface area contributed by atoms with Crippen molar-refractivity contribution in [2.24, 2.45) is 0 Å². The lowest BCUT2D eigenvalue weighted by Crippen LogP contribution is -2.17. The van der Waals surface area contributed by atoms with Gasteiger partial charge < -0.3 is 4.74 Å². The Bertz CT molecular complexity index is 665. The van der Waals surface area contributed by atoms with E-state index in [0.717, 1.165) is 35.1 Å². The van der Waals surface area contributed by atoms with Crippen molar-refractivity contribution < 1.29 is 9.53 Å². The van der Waals surface area contributed by atoms with Crippen LogP contribution >= 0.6 is 0 Å². The van der Waals surface area contributed by atoms with Crippen LogP contribution in [0.5, 0.6) is 0 Å². The lowest BCUT2D eigenvalue weighted by Gasteiger charge is -2.19. The summed E-state index contributed by atoms with van der Waals surface area (Å²) in [6, 6.07) is 8.03. The van der Waals surface area contributed by atoms with Gasteiger partial charge in [-0.15, -0.1) is 6.58 Å². The molecule has 0 saturated heterocycles. The van der Waals surface area contributed by atoms with Crippen molar-refractivity contribution in [3.8, 4) is 6.07 Å². The number of esters is 1. The number of carbonyl (C=O) groups is 1. The summed E-state index contributed by atoms with van der Waals surface area (Å²) in [5.41, 5.74) is 4.74. The fourth-order valence-electron chi connectivity index (χ4n) is 2.79. The summed E-state index contributed by atoms with van der Waals surface area (Å²) in [5, 5.41) is 9.01. The van der Waals surface area contributed by atoms with Crippen LogP contribution in [0.25, 0.3) is 0 Å². The van der Waals surface area contributed by atoms with Crippen LogP contribution < -0.4 is 0 Å². The summed E-state index contributed by atoms with van der Waals surface area (Å²) in [6.07, 6.45) is 4.25. The first kappa shape index (κ1) is 16.0. The van der Waals surface area contributed by atoms with E-state index >= 15 is 0 Å². The maximum absolute atomic E-state index is 11.8. The van der Waals surface area contributed by atoms with Gasteiger partial charge in [0.15, 0.2) is 0 Å². The number of aryl methyl sites for hydroxylation is 1. The summed E-state index contributed by atoms with van der Waals surface area (Å²) >= 11 is 0. The molecular weight excluding hydrogens is 274 g/mol. The standard InChI is InChI=1S/C19H21NO2/c1-4-15(16-5-6-17(12-20)14(3)11-16)7-8-18-13(2)9-10-22-19(18)21/h4-6,11,15H,1,7-10H2,2-3H3. The van der Waals surface area contributed by atoms with Gasteiger partial charge in [0.05, 0.1) is 18.2 Å². The Morgan fingerprint density at radius 1 is 1.45 bits per heavy atom. The molecule has 1 aromatic rings. The maximum atomic E-state index is 11.8. The number of benzene rings is 1. The molecule has 0 saturated carbocycles. The van der Waals surface area contributed by atoms with E-state index in [1.165, 1.54) is 0 Å². The van der Waals surface area contributed by atoms with Gasteiger partial charge in [-0.1, -0.05) is 23.8 Å². The molecule has 0 spiro atoms. The minimum Gasteiger partial charge on any atom is -0.462 e. The molecule has 2 rings (SSSR count). The van der Waals surface area contributed by atoms with Crippen molar-refractivity contribution in [2.75, 3.05) is 6.61 Å². The van der Waals surface area contributed by atoms with Crippen molar-refractivity contribution >= 4 is 5.97 Å². The number of nitriles is 1. The van der Waals surface area contributed by atoms with Gasteiger partial charge in [0, 0.05) is 17.9 Å². The van der Waals surface area contributed by atoms with E-state index in [1.54, 1.807) is 0 Å². The van der Waals surface area contributed by atoms with Gasteiger partial charge in [-0.3, -0.25) is 0 Å². The highest BCUT2D eigenvalue weighted by molar-refractivity contribution is 5.90. The van der Waals surface area contributed by atoms with E-state index in [1.807, 2.05) is 38.1 Å². The summed E-state index contributed by atoms with van der Waals surface area (Å²) in [6.45, 7) is 8.35. The van der Waals surface area contributed by atoms with Crippen molar-refractivity contribution in [2.45, 2.75) is 39.0 Å². The molecule has 0 radical (unpaired) electrons. The van der Waals surface area contributed by atoms with E-state index < -0.39 is 0 Å². The minimum absolute atomic E-state index is 0.168. The number of hydrogen-bond donors (Lipinski definition) is 0. The Balaban J connectivity index is 2.13. The minimum atomic E-state index is -0.178. The molecule has 0 bridgehead atoms. The number of carbonyl (C=O) groups excluding carboxylic acids is 1. The van der Waals surface area contributed by atoms with E-state index in [2.05, 4.69) is 12.6 Å². The molecule has 3 nitrogen and oxygen atoms in total. The normalized spacial score (nSPS) is 16.0. The largest absolute Gasteiger partial charge is 0.462 e. The summed E-state index contributed by atoms with van der Waals surface area (Å²) in [4.78, 5) is 11.8. The first-order valence-corrected chi connectivity index (χ1v) is 7.55. The van der Waals surface area contributed by atoms with Gasteiger partial charge in [0.2, 0.25) is 0 Å². The second-order valence-electron chi connectivity index (χ2n) is 5.71. The number of nitrogens with zero attached hydrogens (tertiary/aromatic N) is 1. The van der Waals surface area contributed by atoms with Crippen molar-refractivity contribution in [1.82, 2.24) is 0 Å². The number of ether oxygens (including phenoxy) is 1. The molecule has 0 aromatic heterocycles. The molecule has 0 amide bonds. The zero-order valence-electron chi connectivity index (χ0n) is 13.2. The monoisotopic (exact) mass is 295 g/mol. The quantitative estimate of drug-likeness (QED) is 0.605. The van der Waals surface area contributed by atoms with Crippen LogP contribution in [0.2, 0.25) is 0 Å². The van der Waals surface area contributed by atoms with Crippen LogP contribution in [-0.4, -0.2) is 12.6 Å². The van der Waals surface area contributed by atoms with E-state index in [0.29, 0.717) is 18.6 Å². The number of cyclic esters (lactones) is 1. The molecule has 0 N–H and O–H groups in total. The van der Waals surface area contributed by atoms with Crippen LogP contribution in [0, 0.1) is 18.3 Å². The van der Waals surface area contributed by atoms with Gasteiger partial charge in [0.1, 0.15) is 0 Å². The van der Waals surface area contributed by atoms with Crippen molar-refractivity contribution in [3.05, 3.63) is 58.7 Å². The maximum Gasteiger partial charge on any atom is 0.333 e. The summed E-state index contributed by atoms with van der Waals surface area (Å²) in [5.74, 6) is -0.0101. The van der Waals surface area contributed by atoms with Crippen LogP contribution in [-0.2, 0) is 9.53 Å². The number of rotatable bonds is 5. The Kier molecular flexibility index (Phi) is 5.16. The fraction of sp³-hybridized carbons (Fsp3) is 0.368. The third-order valence-corrected chi connectivity index (χ3v) is 4.26. The van der Waals surface area contributed by atoms with E-state index in [9.17, 15) is 4.79 Å². The molecule has 114 valence electrons. The van der Waals surface area contributed by atoms with Crippen LogP contribution in [0.3, 0.4) is 0 Å². The van der Waals surface area contributed by atoms with Gasteiger partial charge in [0.25, 0.3) is 0 Å². The van der Waals surface area contributed by atoms with Crippen molar-refractivity contribution in [3.63, 3.8) is 0 Å². The van der Waals surface area contributed by atoms with Crippen molar-refractivity contribution in [1.29, 1.82) is 5.26 Å². The lowest BCUT2D eigenvalue weighted by molar-refractivity contribution is -0.140. The first-order chi connectivity index (χ1) is 10.6. The van der Waals surface area contributed by atoms with Crippen LogP contribution in [0.4, 0.5) is 0 Å². The molecule has 1 atom stereocenters. The lowest BCUT2D eigenvalue weighted by atomic mass is 9.89. The Labute approximate surface area is 131 Å². The average Bonchev–Trinajstić information content (AvgIpc) is 2.50. The molecule has 0 fully saturated rings. The smallest absolute Gasteiger partial charge is 0.333 e. The highest BCUT2D eigenvalue weighted by Crippen LogP contribution is 2.29. The number of hydrogen-bond acceptors (Lipinski definition) is 3. The summed E-state index contributed by atoms with van der Waals surface area (Å²) < 4.78 is 5.12. The third-order valence-electron chi connectivity index (χ3n) is 4.26. The Morgan fingerprint density at radius 2 is 2.23 bits per heavy atom. The average molecular weight is 295 g/mol. The summed E-state index contributed by atoms with van der Waals surface area (Å²) in [7, 11) is 0. The zero-order chi connectivity index (χ0) is 16.1. The predicted molar refractivity (Wildman–Crippen MR) is 86.3 cm³/mol. The molecule has 1 unspecified atom stereocenters. The SMILES string of the molecule is C=CC(CCC1=C(C)CCOC1=O)c1ccc(C#N)c(C)c1. The fourth-order valence-corrected chi connectivity index (χ4v) is 2.79. The topological polar surface area (TPSA) is 50.1 Å². The van der Waals surface area contributed by atoms with E-state index in [-0.39, 0.29) is 11.9 Å². The highest BCUT2D eigenvalue weighted by Gasteiger charge is 2.20. The molecule has 1 heterocycles. The van der Waals surface area contributed by atoms with Crippen LogP contribution in [0.1, 0.15) is 48.8 Å². The predicted octanol–water partition coefficient (Wildman–Crippen LogP) is 4.18.